The second-order valence-electron chi connectivity index (χ2n) is 13.5. The fourth-order valence-corrected chi connectivity index (χ4v) is 12.4. The first kappa shape index (κ1) is 37.2. The van der Waals surface area contributed by atoms with Gasteiger partial charge in [0.25, 0.3) is 0 Å². The number of nitrogen functional groups attached to an aromatic ring is 1. The molecule has 0 radical (unpaired) electrons. The lowest BCUT2D eigenvalue weighted by Crippen LogP contribution is -2.48. The van der Waals surface area contributed by atoms with Gasteiger partial charge < -0.3 is 29.1 Å². The predicted octanol–water partition coefficient (Wildman–Crippen LogP) is 10.1. The molecule has 7 heteroatoms. The Morgan fingerprint density at radius 2 is 1.10 bits per heavy atom. The maximum absolute atomic E-state index is 7.19. The summed E-state index contributed by atoms with van der Waals surface area (Å²) in [5, 5.41) is 0. The highest BCUT2D eigenvalue weighted by Gasteiger charge is 2.45. The maximum atomic E-state index is 7.19. The van der Waals surface area contributed by atoms with Gasteiger partial charge in [0, 0.05) is 23.8 Å². The van der Waals surface area contributed by atoms with E-state index >= 15 is 0 Å². The van der Waals surface area contributed by atoms with Crippen LogP contribution in [0.1, 0.15) is 75.3 Å². The molecule has 258 valence electrons. The molecule has 0 heterocycles. The SMILES string of the molecule is COc1ccc(COC[C@H](CO[Si](C(C)C)(C(C)C)C(C)C)c2c(N)cc(COCc3ccccc3)cc2OCc2ccccc2)cc1. The van der Waals surface area contributed by atoms with Gasteiger partial charge in [0.1, 0.15) is 18.1 Å². The standard InChI is InChI=1S/C41H55NO5Si/c1-30(2)48(31(3)4,32(5)6)47-29-37(28-45-25-35-18-20-38(43-7)21-19-35)41-39(42)22-36(26-44-24-33-14-10-8-11-15-33)23-40(41)46-27-34-16-12-9-13-17-34/h8-23,30-32,37H,24-29,42H2,1-7H3/t37-/m1/s1. The van der Waals surface area contributed by atoms with Gasteiger partial charge >= 0.3 is 0 Å². The Kier molecular flexibility index (Phi) is 14.1. The van der Waals surface area contributed by atoms with Crippen LogP contribution in [0.15, 0.2) is 97.1 Å². The normalized spacial score (nSPS) is 12.5. The minimum atomic E-state index is -2.17. The largest absolute Gasteiger partial charge is 0.497 e. The summed E-state index contributed by atoms with van der Waals surface area (Å²) in [4.78, 5) is 0. The number of methoxy groups -OCH3 is 1. The van der Waals surface area contributed by atoms with Gasteiger partial charge in [-0.1, -0.05) is 114 Å². The van der Waals surface area contributed by atoms with Gasteiger partial charge in [0.15, 0.2) is 8.32 Å². The summed E-state index contributed by atoms with van der Waals surface area (Å²) in [6, 6.07) is 32.5. The Morgan fingerprint density at radius 3 is 1.67 bits per heavy atom. The lowest BCUT2D eigenvalue weighted by Gasteiger charge is -2.43. The first-order valence-electron chi connectivity index (χ1n) is 17.2. The van der Waals surface area contributed by atoms with Crippen molar-refractivity contribution in [2.75, 3.05) is 26.1 Å². The summed E-state index contributed by atoms with van der Waals surface area (Å²) in [5.41, 5.74) is 14.1. The summed E-state index contributed by atoms with van der Waals surface area (Å²) in [6.07, 6.45) is 0. The molecule has 0 amide bonds. The molecule has 0 bridgehead atoms. The second-order valence-corrected chi connectivity index (χ2v) is 19.0. The first-order valence-corrected chi connectivity index (χ1v) is 19.3. The van der Waals surface area contributed by atoms with Gasteiger partial charge in [0.2, 0.25) is 0 Å². The van der Waals surface area contributed by atoms with Crippen LogP contribution in [0.5, 0.6) is 11.5 Å². The number of nitrogens with two attached hydrogens (primary N) is 1. The average molecular weight is 670 g/mol. The van der Waals surface area contributed by atoms with E-state index in [1.165, 1.54) is 0 Å². The third-order valence-electron chi connectivity index (χ3n) is 9.25. The number of anilines is 1. The Labute approximate surface area is 289 Å². The third kappa shape index (κ3) is 9.95. The van der Waals surface area contributed by atoms with Crippen LogP contribution in [0, 0.1) is 0 Å². The van der Waals surface area contributed by atoms with E-state index in [1.807, 2.05) is 66.7 Å². The van der Waals surface area contributed by atoms with E-state index in [9.17, 15) is 0 Å². The summed E-state index contributed by atoms with van der Waals surface area (Å²) >= 11 is 0. The molecule has 0 unspecified atom stereocenters. The van der Waals surface area contributed by atoms with Crippen molar-refractivity contribution in [2.45, 2.75) is 90.5 Å². The van der Waals surface area contributed by atoms with Crippen LogP contribution in [0.3, 0.4) is 0 Å². The number of ether oxygens (including phenoxy) is 4. The molecular weight excluding hydrogens is 615 g/mol. The monoisotopic (exact) mass is 669 g/mol. The van der Waals surface area contributed by atoms with Crippen molar-refractivity contribution in [2.24, 2.45) is 0 Å². The Morgan fingerprint density at radius 1 is 0.583 bits per heavy atom. The molecule has 0 saturated carbocycles. The minimum Gasteiger partial charge on any atom is -0.497 e. The molecule has 0 aliphatic rings. The van der Waals surface area contributed by atoms with Crippen molar-refractivity contribution in [1.82, 2.24) is 0 Å². The number of benzene rings is 4. The molecule has 0 fully saturated rings. The van der Waals surface area contributed by atoms with Gasteiger partial charge in [0.05, 0.1) is 33.5 Å². The highest BCUT2D eigenvalue weighted by Crippen LogP contribution is 2.44. The summed E-state index contributed by atoms with van der Waals surface area (Å²) in [6.45, 7) is 16.6. The molecule has 0 aliphatic heterocycles. The van der Waals surface area contributed by atoms with Crippen LogP contribution in [0.25, 0.3) is 0 Å². The molecule has 0 spiro atoms. The topological polar surface area (TPSA) is 72.2 Å². The summed E-state index contributed by atoms with van der Waals surface area (Å²) in [7, 11) is -0.501. The predicted molar refractivity (Wildman–Crippen MR) is 199 cm³/mol. The van der Waals surface area contributed by atoms with Crippen molar-refractivity contribution in [1.29, 1.82) is 0 Å². The quantitative estimate of drug-likeness (QED) is 0.0792. The molecule has 4 aromatic carbocycles. The molecule has 4 rings (SSSR count). The van der Waals surface area contributed by atoms with E-state index in [2.05, 4.69) is 71.9 Å². The van der Waals surface area contributed by atoms with Crippen molar-refractivity contribution in [3.63, 3.8) is 0 Å². The van der Waals surface area contributed by atoms with E-state index in [-0.39, 0.29) is 5.92 Å². The summed E-state index contributed by atoms with van der Waals surface area (Å²) in [5.74, 6) is 1.42. The lowest BCUT2D eigenvalue weighted by atomic mass is 9.96. The minimum absolute atomic E-state index is 0.142. The van der Waals surface area contributed by atoms with Crippen LogP contribution in [-0.4, -0.2) is 28.6 Å². The Balaban J connectivity index is 1.66. The van der Waals surface area contributed by atoms with E-state index in [1.54, 1.807) is 7.11 Å². The zero-order chi connectivity index (χ0) is 34.5. The third-order valence-corrected chi connectivity index (χ3v) is 15.3. The highest BCUT2D eigenvalue weighted by atomic mass is 28.4. The fourth-order valence-electron chi connectivity index (χ4n) is 6.94. The van der Waals surface area contributed by atoms with Gasteiger partial charge in [-0.3, -0.25) is 0 Å². The van der Waals surface area contributed by atoms with E-state index < -0.39 is 8.32 Å². The lowest BCUT2D eigenvalue weighted by molar-refractivity contribution is 0.0879. The van der Waals surface area contributed by atoms with Crippen LogP contribution in [0.2, 0.25) is 16.6 Å². The average Bonchev–Trinajstić information content (AvgIpc) is 3.07. The smallest absolute Gasteiger partial charge is 0.200 e. The van der Waals surface area contributed by atoms with Crippen LogP contribution < -0.4 is 15.2 Å². The fraction of sp³-hybridized carbons (Fsp3) is 0.415. The Hall–Kier alpha value is -3.62. The molecule has 4 aromatic rings. The molecular formula is C41H55NO5Si. The molecule has 0 saturated heterocycles. The second kappa shape index (κ2) is 18.2. The first-order chi connectivity index (χ1) is 23.1. The van der Waals surface area contributed by atoms with Crippen molar-refractivity contribution < 1.29 is 23.4 Å². The van der Waals surface area contributed by atoms with Gasteiger partial charge in [-0.15, -0.1) is 0 Å². The van der Waals surface area contributed by atoms with Crippen LogP contribution in [-0.2, 0) is 40.3 Å². The van der Waals surface area contributed by atoms with Gasteiger partial charge in [-0.2, -0.15) is 0 Å². The molecule has 48 heavy (non-hydrogen) atoms. The van der Waals surface area contributed by atoms with Crippen molar-refractivity contribution >= 4 is 14.0 Å². The van der Waals surface area contributed by atoms with Crippen LogP contribution in [0.4, 0.5) is 5.69 Å². The van der Waals surface area contributed by atoms with Crippen molar-refractivity contribution in [3.8, 4) is 11.5 Å². The van der Waals surface area contributed by atoms with Gasteiger partial charge in [-0.05, 0) is 63.1 Å². The molecule has 2 N–H and O–H groups in total. The maximum Gasteiger partial charge on any atom is 0.200 e. The zero-order valence-corrected chi connectivity index (χ0v) is 30.9. The van der Waals surface area contributed by atoms with E-state index in [0.717, 1.165) is 39.3 Å². The molecule has 1 atom stereocenters. The van der Waals surface area contributed by atoms with E-state index in [0.29, 0.717) is 62.0 Å². The number of hydrogen-bond acceptors (Lipinski definition) is 6. The number of rotatable bonds is 19. The summed E-state index contributed by atoms with van der Waals surface area (Å²) < 4.78 is 31.7. The van der Waals surface area contributed by atoms with E-state index in [4.69, 9.17) is 29.1 Å². The molecule has 0 aromatic heterocycles. The number of hydrogen-bond donors (Lipinski definition) is 1. The molecule has 0 aliphatic carbocycles. The Bertz CT molecular complexity index is 1490. The van der Waals surface area contributed by atoms with Crippen molar-refractivity contribution in [3.05, 3.63) is 125 Å². The van der Waals surface area contributed by atoms with Crippen LogP contribution >= 0.6 is 0 Å². The van der Waals surface area contributed by atoms with Gasteiger partial charge in [-0.25, -0.2) is 0 Å². The highest BCUT2D eigenvalue weighted by molar-refractivity contribution is 6.77. The zero-order valence-electron chi connectivity index (χ0n) is 29.9. The molecule has 6 nitrogen and oxygen atoms in total.